The van der Waals surface area contributed by atoms with Crippen molar-refractivity contribution in [2.75, 3.05) is 13.6 Å². The summed E-state index contributed by atoms with van der Waals surface area (Å²) in [5.41, 5.74) is 0.109. The topological polar surface area (TPSA) is 99.1 Å². The molecule has 3 rings (SSSR count). The standard InChI is InChI=1S/C19H21F3N5O3/c1-3-13(8-9-26(2)29)27-17-14(11-23-27)18(28)25-16(24-17)10-12-6-4-5-7-15(12)30-19(20,21)22/h4-7,11,13H,3,8-10H2,1-2H3,(H,24,25,28)/q-1. The molecule has 3 aromatic rings. The van der Waals surface area contributed by atoms with Crippen LogP contribution in [0.25, 0.3) is 11.0 Å². The van der Waals surface area contributed by atoms with Crippen molar-refractivity contribution in [2.45, 2.75) is 38.6 Å². The molecule has 1 atom stereocenters. The molecular formula is C19H21F3N5O3-. The first kappa shape index (κ1) is 21.8. The second-order valence-corrected chi connectivity index (χ2v) is 6.87. The molecule has 1 N–H and O–H groups in total. The van der Waals surface area contributed by atoms with Gasteiger partial charge in [-0.25, -0.2) is 9.67 Å². The quantitative estimate of drug-likeness (QED) is 0.557. The molecule has 0 fully saturated rings. The van der Waals surface area contributed by atoms with Crippen LogP contribution in [0.2, 0.25) is 0 Å². The number of rotatable bonds is 8. The number of hydrogen-bond acceptors (Lipinski definition) is 6. The monoisotopic (exact) mass is 424 g/mol. The highest BCUT2D eigenvalue weighted by Crippen LogP contribution is 2.27. The molecule has 0 spiro atoms. The Morgan fingerprint density at radius 3 is 2.73 bits per heavy atom. The predicted octanol–water partition coefficient (Wildman–Crippen LogP) is 3.38. The van der Waals surface area contributed by atoms with Crippen molar-refractivity contribution in [3.05, 3.63) is 57.4 Å². The van der Waals surface area contributed by atoms with Crippen LogP contribution in [-0.4, -0.2) is 44.8 Å². The summed E-state index contributed by atoms with van der Waals surface area (Å²) in [4.78, 5) is 19.5. The maximum atomic E-state index is 12.7. The molecule has 2 aromatic heterocycles. The lowest BCUT2D eigenvalue weighted by atomic mass is 10.1. The number of H-pyrrole nitrogens is 1. The van der Waals surface area contributed by atoms with Gasteiger partial charge in [0, 0.05) is 12.0 Å². The van der Waals surface area contributed by atoms with Crippen LogP contribution in [0, 0.1) is 5.21 Å². The van der Waals surface area contributed by atoms with Crippen molar-refractivity contribution < 1.29 is 17.9 Å². The second-order valence-electron chi connectivity index (χ2n) is 6.87. The summed E-state index contributed by atoms with van der Waals surface area (Å²) >= 11 is 0. The van der Waals surface area contributed by atoms with E-state index >= 15 is 0 Å². The number of fused-ring (bicyclic) bond motifs is 1. The third-order valence-corrected chi connectivity index (χ3v) is 4.66. The average Bonchev–Trinajstić information content (AvgIpc) is 3.07. The normalized spacial score (nSPS) is 13.2. The molecule has 0 radical (unpaired) electrons. The average molecular weight is 424 g/mol. The van der Waals surface area contributed by atoms with Gasteiger partial charge in [-0.3, -0.25) is 4.79 Å². The Bertz CT molecular complexity index is 1060. The van der Waals surface area contributed by atoms with Gasteiger partial charge >= 0.3 is 6.36 Å². The fourth-order valence-corrected chi connectivity index (χ4v) is 3.22. The summed E-state index contributed by atoms with van der Waals surface area (Å²) in [5, 5.41) is 16.6. The summed E-state index contributed by atoms with van der Waals surface area (Å²) in [6.45, 7) is 2.22. The Hall–Kier alpha value is -2.92. The number of hydrogen-bond donors (Lipinski definition) is 1. The molecular weight excluding hydrogens is 403 g/mol. The van der Waals surface area contributed by atoms with E-state index in [4.69, 9.17) is 0 Å². The van der Waals surface area contributed by atoms with E-state index < -0.39 is 11.9 Å². The minimum absolute atomic E-state index is 0.0668. The molecule has 0 aliphatic heterocycles. The lowest BCUT2D eigenvalue weighted by Gasteiger charge is -2.25. The summed E-state index contributed by atoms with van der Waals surface area (Å²) in [5.74, 6) is -0.172. The molecule has 1 unspecified atom stereocenters. The highest BCUT2D eigenvalue weighted by molar-refractivity contribution is 5.73. The van der Waals surface area contributed by atoms with Gasteiger partial charge in [-0.1, -0.05) is 25.1 Å². The first-order valence-corrected chi connectivity index (χ1v) is 9.36. The van der Waals surface area contributed by atoms with Gasteiger partial charge in [0.25, 0.3) is 5.56 Å². The number of halogens is 3. The number of nitrogens with zero attached hydrogens (tertiary/aromatic N) is 4. The van der Waals surface area contributed by atoms with Crippen LogP contribution >= 0.6 is 0 Å². The summed E-state index contributed by atoms with van der Waals surface area (Å²) in [6.07, 6.45) is -2.32. The zero-order valence-corrected chi connectivity index (χ0v) is 16.4. The van der Waals surface area contributed by atoms with Crippen molar-refractivity contribution >= 4 is 11.0 Å². The highest BCUT2D eigenvalue weighted by Gasteiger charge is 2.32. The van der Waals surface area contributed by atoms with Crippen molar-refractivity contribution in [3.63, 3.8) is 0 Å². The minimum atomic E-state index is -4.83. The Labute approximate surface area is 169 Å². The number of aromatic amines is 1. The van der Waals surface area contributed by atoms with E-state index in [9.17, 15) is 23.2 Å². The zero-order chi connectivity index (χ0) is 21.9. The van der Waals surface area contributed by atoms with Crippen LogP contribution in [0.15, 0.2) is 35.3 Å². The maximum absolute atomic E-state index is 12.7. The van der Waals surface area contributed by atoms with Crippen molar-refractivity contribution in [1.29, 1.82) is 0 Å². The van der Waals surface area contributed by atoms with Gasteiger partial charge in [-0.05, 0) is 32.5 Å². The van der Waals surface area contributed by atoms with Crippen LogP contribution < -0.4 is 10.3 Å². The molecule has 0 amide bonds. The molecule has 0 aliphatic carbocycles. The van der Waals surface area contributed by atoms with Crippen molar-refractivity contribution in [3.8, 4) is 5.75 Å². The minimum Gasteiger partial charge on any atom is -0.785 e. The number of para-hydroxylation sites is 1. The first-order valence-electron chi connectivity index (χ1n) is 9.36. The van der Waals surface area contributed by atoms with E-state index in [1.54, 1.807) is 10.7 Å². The number of alkyl halides is 3. The smallest absolute Gasteiger partial charge is 0.573 e. The zero-order valence-electron chi connectivity index (χ0n) is 16.4. The SMILES string of the molecule is CCC(CCN(C)[O-])n1ncc2c(=O)[nH]c(Cc3ccccc3OC(F)(F)F)nc21. The van der Waals surface area contributed by atoms with Gasteiger partial charge in [-0.2, -0.15) is 5.10 Å². The Balaban J connectivity index is 1.96. The van der Waals surface area contributed by atoms with Gasteiger partial charge in [0.15, 0.2) is 5.65 Å². The van der Waals surface area contributed by atoms with Crippen molar-refractivity contribution in [1.82, 2.24) is 24.8 Å². The molecule has 0 aliphatic rings. The van der Waals surface area contributed by atoms with Gasteiger partial charge in [0.2, 0.25) is 0 Å². The van der Waals surface area contributed by atoms with E-state index in [0.717, 1.165) is 5.06 Å². The lowest BCUT2D eigenvalue weighted by Crippen LogP contribution is -2.20. The van der Waals surface area contributed by atoms with Crippen LogP contribution in [0.4, 0.5) is 13.2 Å². The third-order valence-electron chi connectivity index (χ3n) is 4.66. The maximum Gasteiger partial charge on any atom is 0.573 e. The fourth-order valence-electron chi connectivity index (χ4n) is 3.22. The fraction of sp³-hybridized carbons (Fsp3) is 0.421. The Kier molecular flexibility index (Phi) is 6.42. The second kappa shape index (κ2) is 8.84. The van der Waals surface area contributed by atoms with Gasteiger partial charge in [0.1, 0.15) is 17.0 Å². The highest BCUT2D eigenvalue weighted by atomic mass is 19.4. The molecule has 11 heteroatoms. The molecule has 0 saturated carbocycles. The molecule has 1 aromatic carbocycles. The molecule has 2 heterocycles. The molecule has 0 saturated heterocycles. The number of nitrogens with one attached hydrogen (secondary N) is 1. The van der Waals surface area contributed by atoms with Gasteiger partial charge < -0.3 is 20.0 Å². The lowest BCUT2D eigenvalue weighted by molar-refractivity contribution is -0.274. The predicted molar refractivity (Wildman–Crippen MR) is 104 cm³/mol. The summed E-state index contributed by atoms with van der Waals surface area (Å²) < 4.78 is 43.7. The molecule has 30 heavy (non-hydrogen) atoms. The number of benzene rings is 1. The third kappa shape index (κ3) is 5.16. The van der Waals surface area contributed by atoms with Crippen LogP contribution in [-0.2, 0) is 6.42 Å². The van der Waals surface area contributed by atoms with Crippen LogP contribution in [0.3, 0.4) is 0 Å². The largest absolute Gasteiger partial charge is 0.785 e. The first-order chi connectivity index (χ1) is 14.2. The van der Waals surface area contributed by atoms with E-state index in [1.807, 2.05) is 6.92 Å². The Morgan fingerprint density at radius 1 is 1.33 bits per heavy atom. The van der Waals surface area contributed by atoms with Gasteiger partial charge in [-0.15, -0.1) is 13.2 Å². The Morgan fingerprint density at radius 2 is 2.07 bits per heavy atom. The molecule has 162 valence electrons. The number of hydroxylamine groups is 2. The summed E-state index contributed by atoms with van der Waals surface area (Å²) in [7, 11) is 1.43. The number of ether oxygens (including phenoxy) is 1. The van der Waals surface area contributed by atoms with E-state index in [-0.39, 0.29) is 41.5 Å². The summed E-state index contributed by atoms with van der Waals surface area (Å²) in [6, 6.07) is 5.53. The van der Waals surface area contributed by atoms with Crippen LogP contribution in [0.1, 0.15) is 37.2 Å². The van der Waals surface area contributed by atoms with Crippen molar-refractivity contribution in [2.24, 2.45) is 0 Å². The molecule has 0 bridgehead atoms. The number of aromatic nitrogens is 4. The van der Waals surface area contributed by atoms with Gasteiger partial charge in [0.05, 0.1) is 12.2 Å². The van der Waals surface area contributed by atoms with E-state index in [1.165, 1.54) is 31.4 Å². The molecule has 8 nitrogen and oxygen atoms in total. The van der Waals surface area contributed by atoms with Crippen LogP contribution in [0.5, 0.6) is 5.75 Å². The van der Waals surface area contributed by atoms with E-state index in [2.05, 4.69) is 19.8 Å². The van der Waals surface area contributed by atoms with E-state index in [0.29, 0.717) is 18.5 Å².